The molecule has 178 valence electrons. The van der Waals surface area contributed by atoms with Gasteiger partial charge in [0.15, 0.2) is 0 Å². The minimum atomic E-state index is -3.85. The minimum Gasteiger partial charge on any atom is -0.324 e. The van der Waals surface area contributed by atoms with Crippen molar-refractivity contribution in [3.8, 4) is 0 Å². The summed E-state index contributed by atoms with van der Waals surface area (Å²) in [6.45, 7) is 5.93. The standard InChI is InChI=1S/C26H39ClNO3P/c1-21-13-14-23(18-22(21)2)19-24(25-11-8-12-26(27)20-25)10-6-4-3-5-7-15-28-16-9-17-32(29,30)31/h8,11-14,18,20,24,28H,3-7,9-10,15-17,19H2,1-2H3,(H2,29,30,31). The molecule has 0 bridgehead atoms. The highest BCUT2D eigenvalue weighted by Gasteiger charge is 2.14. The molecule has 0 aliphatic rings. The van der Waals surface area contributed by atoms with E-state index in [-0.39, 0.29) is 6.16 Å². The molecule has 0 saturated heterocycles. The maximum atomic E-state index is 10.8. The van der Waals surface area contributed by atoms with E-state index in [1.807, 2.05) is 6.07 Å². The van der Waals surface area contributed by atoms with E-state index in [2.05, 4.69) is 55.6 Å². The summed E-state index contributed by atoms with van der Waals surface area (Å²) < 4.78 is 10.8. The van der Waals surface area contributed by atoms with Crippen molar-refractivity contribution < 1.29 is 14.4 Å². The molecule has 0 fully saturated rings. The van der Waals surface area contributed by atoms with Crippen molar-refractivity contribution in [2.45, 2.75) is 71.1 Å². The van der Waals surface area contributed by atoms with Crippen molar-refractivity contribution in [1.82, 2.24) is 5.32 Å². The van der Waals surface area contributed by atoms with Crippen LogP contribution in [0.3, 0.4) is 0 Å². The van der Waals surface area contributed by atoms with Crippen molar-refractivity contribution in [3.63, 3.8) is 0 Å². The predicted molar refractivity (Wildman–Crippen MR) is 136 cm³/mol. The summed E-state index contributed by atoms with van der Waals surface area (Å²) in [6, 6.07) is 15.1. The molecule has 0 aromatic heterocycles. The van der Waals surface area contributed by atoms with Crippen molar-refractivity contribution in [1.29, 1.82) is 0 Å². The van der Waals surface area contributed by atoms with Crippen LogP contribution < -0.4 is 5.32 Å². The predicted octanol–water partition coefficient (Wildman–Crippen LogP) is 6.78. The minimum absolute atomic E-state index is 0.0318. The number of unbranched alkanes of at least 4 members (excludes halogenated alkanes) is 4. The summed E-state index contributed by atoms with van der Waals surface area (Å²) in [7, 11) is -3.85. The third kappa shape index (κ3) is 11.1. The molecule has 2 aromatic carbocycles. The first-order chi connectivity index (χ1) is 15.2. The number of nitrogens with one attached hydrogen (secondary N) is 1. The smallest absolute Gasteiger partial charge is 0.324 e. The van der Waals surface area contributed by atoms with Crippen LogP contribution in [-0.2, 0) is 11.0 Å². The van der Waals surface area contributed by atoms with Gasteiger partial charge in [-0.2, -0.15) is 0 Å². The fourth-order valence-corrected chi connectivity index (χ4v) is 4.84. The van der Waals surface area contributed by atoms with E-state index in [0.29, 0.717) is 18.9 Å². The third-order valence-corrected chi connectivity index (χ3v) is 7.22. The summed E-state index contributed by atoms with van der Waals surface area (Å²) >= 11 is 6.28. The molecule has 1 unspecified atom stereocenters. The average Bonchev–Trinajstić information content (AvgIpc) is 2.73. The molecule has 6 heteroatoms. The highest BCUT2D eigenvalue weighted by atomic mass is 35.5. The summed E-state index contributed by atoms with van der Waals surface area (Å²) in [4.78, 5) is 17.7. The summed E-state index contributed by atoms with van der Waals surface area (Å²) in [6.07, 6.45) is 8.64. The Kier molecular flexibility index (Phi) is 12.0. The van der Waals surface area contributed by atoms with E-state index in [9.17, 15) is 4.57 Å². The van der Waals surface area contributed by atoms with Gasteiger partial charge in [-0.15, -0.1) is 0 Å². The van der Waals surface area contributed by atoms with Crippen LogP contribution in [0.15, 0.2) is 42.5 Å². The molecule has 2 rings (SSSR count). The Hall–Kier alpha value is -1.16. The van der Waals surface area contributed by atoms with Gasteiger partial charge in [0.2, 0.25) is 0 Å². The number of rotatable bonds is 15. The number of halogens is 1. The second-order valence-corrected chi connectivity index (χ2v) is 11.1. The number of aryl methyl sites for hydroxylation is 2. The Labute approximate surface area is 199 Å². The molecule has 0 spiro atoms. The van der Waals surface area contributed by atoms with E-state index in [4.69, 9.17) is 21.4 Å². The molecule has 0 radical (unpaired) electrons. The highest BCUT2D eigenvalue weighted by Crippen LogP contribution is 2.34. The Bertz CT molecular complexity index is 868. The lowest BCUT2D eigenvalue weighted by Gasteiger charge is -2.19. The fraction of sp³-hybridized carbons (Fsp3) is 0.538. The van der Waals surface area contributed by atoms with Gasteiger partial charge in [-0.05, 0) is 92.9 Å². The van der Waals surface area contributed by atoms with Crippen LogP contribution in [0, 0.1) is 13.8 Å². The molecule has 32 heavy (non-hydrogen) atoms. The summed E-state index contributed by atoms with van der Waals surface area (Å²) in [5, 5.41) is 4.08. The van der Waals surface area contributed by atoms with Crippen molar-refractivity contribution >= 4 is 19.2 Å². The third-order valence-electron chi connectivity index (χ3n) is 6.08. The first-order valence-electron chi connectivity index (χ1n) is 11.8. The van der Waals surface area contributed by atoms with E-state index < -0.39 is 7.60 Å². The largest absolute Gasteiger partial charge is 0.325 e. The summed E-state index contributed by atoms with van der Waals surface area (Å²) in [5.41, 5.74) is 5.41. The van der Waals surface area contributed by atoms with Gasteiger partial charge < -0.3 is 15.1 Å². The van der Waals surface area contributed by atoms with Crippen molar-refractivity contribution in [2.75, 3.05) is 19.3 Å². The van der Waals surface area contributed by atoms with E-state index >= 15 is 0 Å². The highest BCUT2D eigenvalue weighted by molar-refractivity contribution is 7.51. The average molecular weight is 480 g/mol. The van der Waals surface area contributed by atoms with Gasteiger partial charge in [0.1, 0.15) is 0 Å². The molecule has 1 atom stereocenters. The van der Waals surface area contributed by atoms with E-state index in [1.54, 1.807) is 0 Å². The normalized spacial score (nSPS) is 12.8. The Morgan fingerprint density at radius 2 is 1.62 bits per heavy atom. The maximum Gasteiger partial charge on any atom is 0.325 e. The van der Waals surface area contributed by atoms with Crippen LogP contribution in [0.4, 0.5) is 0 Å². The molecule has 0 amide bonds. The summed E-state index contributed by atoms with van der Waals surface area (Å²) in [5.74, 6) is 0.478. The zero-order valence-corrected chi connectivity index (χ0v) is 21.2. The second kappa shape index (κ2) is 14.2. The van der Waals surface area contributed by atoms with E-state index in [0.717, 1.165) is 30.8 Å². The monoisotopic (exact) mass is 479 g/mol. The topological polar surface area (TPSA) is 69.6 Å². The number of benzene rings is 2. The molecule has 0 aliphatic carbocycles. The number of hydrogen-bond acceptors (Lipinski definition) is 2. The van der Waals surface area contributed by atoms with E-state index in [1.165, 1.54) is 47.9 Å². The Morgan fingerprint density at radius 3 is 2.34 bits per heavy atom. The lowest BCUT2D eigenvalue weighted by atomic mass is 9.87. The quantitative estimate of drug-likeness (QED) is 0.194. The molecule has 4 nitrogen and oxygen atoms in total. The SMILES string of the molecule is Cc1ccc(CC(CCCCCCCNCCCP(=O)(O)O)c2cccc(Cl)c2)cc1C. The van der Waals surface area contributed by atoms with Gasteiger partial charge in [-0.1, -0.05) is 67.6 Å². The zero-order chi connectivity index (χ0) is 23.4. The van der Waals surface area contributed by atoms with Crippen LogP contribution >= 0.6 is 19.2 Å². The Balaban J connectivity index is 1.71. The molecular formula is C26H39ClNO3P. The molecular weight excluding hydrogens is 441 g/mol. The lowest BCUT2D eigenvalue weighted by molar-refractivity contribution is 0.371. The van der Waals surface area contributed by atoms with Crippen LogP contribution in [0.25, 0.3) is 0 Å². The maximum absolute atomic E-state index is 10.8. The van der Waals surface area contributed by atoms with Crippen LogP contribution in [0.2, 0.25) is 5.02 Å². The lowest BCUT2D eigenvalue weighted by Crippen LogP contribution is -2.17. The molecule has 0 heterocycles. The number of hydrogen-bond donors (Lipinski definition) is 3. The molecule has 3 N–H and O–H groups in total. The fourth-order valence-electron chi connectivity index (χ4n) is 4.07. The van der Waals surface area contributed by atoms with Crippen molar-refractivity contribution in [2.24, 2.45) is 0 Å². The van der Waals surface area contributed by atoms with Gasteiger partial charge in [0.25, 0.3) is 0 Å². The van der Waals surface area contributed by atoms with Gasteiger partial charge in [-0.3, -0.25) is 4.57 Å². The van der Waals surface area contributed by atoms with Crippen LogP contribution in [0.5, 0.6) is 0 Å². The van der Waals surface area contributed by atoms with Gasteiger partial charge in [0.05, 0.1) is 6.16 Å². The van der Waals surface area contributed by atoms with Crippen LogP contribution in [-0.4, -0.2) is 29.0 Å². The molecule has 0 aliphatic heterocycles. The van der Waals surface area contributed by atoms with Gasteiger partial charge in [-0.25, -0.2) is 0 Å². The second-order valence-electron chi connectivity index (χ2n) is 8.92. The molecule has 2 aromatic rings. The van der Waals surface area contributed by atoms with Crippen LogP contribution in [0.1, 0.15) is 73.1 Å². The van der Waals surface area contributed by atoms with Gasteiger partial charge >= 0.3 is 7.60 Å². The van der Waals surface area contributed by atoms with Crippen molar-refractivity contribution in [3.05, 3.63) is 69.7 Å². The first-order valence-corrected chi connectivity index (χ1v) is 14.0. The van der Waals surface area contributed by atoms with Gasteiger partial charge in [0, 0.05) is 5.02 Å². The Morgan fingerprint density at radius 1 is 0.906 bits per heavy atom. The molecule has 0 saturated carbocycles. The first kappa shape index (κ1) is 27.1. The zero-order valence-electron chi connectivity index (χ0n) is 19.5.